The molecule has 3 heterocycles. The molecule has 0 aliphatic carbocycles. The third kappa shape index (κ3) is 2.50. The number of likely N-dealkylation sites (tertiary alicyclic amines) is 1. The van der Waals surface area contributed by atoms with E-state index in [2.05, 4.69) is 4.90 Å². The van der Waals surface area contributed by atoms with Crippen LogP contribution < -0.4 is 5.73 Å². The van der Waals surface area contributed by atoms with E-state index in [0.717, 1.165) is 45.5 Å². The fourth-order valence-electron chi connectivity index (χ4n) is 3.46. The summed E-state index contributed by atoms with van der Waals surface area (Å²) in [6.45, 7) is 4.91. The molecule has 0 saturated carbocycles. The molecule has 3 rings (SSSR count). The highest BCUT2D eigenvalue weighted by Gasteiger charge is 2.42. The van der Waals surface area contributed by atoms with Crippen molar-refractivity contribution >= 4 is 0 Å². The second-order valence-electron chi connectivity index (χ2n) is 5.85. The van der Waals surface area contributed by atoms with Crippen molar-refractivity contribution in [1.29, 1.82) is 0 Å². The van der Waals surface area contributed by atoms with E-state index in [1.807, 2.05) is 0 Å². The molecule has 0 amide bonds. The molecular formula is C13H24N2O2. The van der Waals surface area contributed by atoms with E-state index in [1.54, 1.807) is 0 Å². The first-order valence-corrected chi connectivity index (χ1v) is 6.99. The Hall–Kier alpha value is -0.160. The second kappa shape index (κ2) is 4.84. The Morgan fingerprint density at radius 3 is 2.65 bits per heavy atom. The number of piperidine rings is 1. The first-order valence-electron chi connectivity index (χ1n) is 6.99. The predicted molar refractivity (Wildman–Crippen MR) is 65.9 cm³/mol. The number of hydrogen-bond donors (Lipinski definition) is 1. The average Bonchev–Trinajstić information content (AvgIpc) is 2.78. The molecule has 3 aliphatic rings. The molecule has 0 aromatic heterocycles. The largest absolute Gasteiger partial charge is 0.378 e. The highest BCUT2D eigenvalue weighted by atomic mass is 16.6. The smallest absolute Gasteiger partial charge is 0.0951 e. The van der Waals surface area contributed by atoms with Crippen LogP contribution in [0, 0.1) is 0 Å². The van der Waals surface area contributed by atoms with Gasteiger partial charge in [-0.25, -0.2) is 0 Å². The molecular weight excluding hydrogens is 216 g/mol. The van der Waals surface area contributed by atoms with Gasteiger partial charge in [-0.1, -0.05) is 0 Å². The zero-order valence-electron chi connectivity index (χ0n) is 10.6. The van der Waals surface area contributed by atoms with E-state index in [-0.39, 0.29) is 5.60 Å². The Labute approximate surface area is 103 Å². The third-order valence-electron chi connectivity index (χ3n) is 4.62. The van der Waals surface area contributed by atoms with Gasteiger partial charge in [0.15, 0.2) is 0 Å². The fraction of sp³-hybridized carbons (Fsp3) is 1.00. The Kier molecular flexibility index (Phi) is 3.39. The Bertz CT molecular complexity index is 258. The van der Waals surface area contributed by atoms with Crippen LogP contribution in [0.5, 0.6) is 0 Å². The van der Waals surface area contributed by atoms with E-state index >= 15 is 0 Å². The Balaban J connectivity index is 1.60. The maximum absolute atomic E-state index is 5.99. The molecule has 3 fully saturated rings. The van der Waals surface area contributed by atoms with Crippen LogP contribution >= 0.6 is 0 Å². The van der Waals surface area contributed by atoms with Gasteiger partial charge in [0.2, 0.25) is 0 Å². The zero-order chi connectivity index (χ0) is 11.7. The van der Waals surface area contributed by atoms with Gasteiger partial charge in [-0.3, -0.25) is 0 Å². The molecule has 0 aromatic carbocycles. The molecule has 2 unspecified atom stereocenters. The average molecular weight is 240 g/mol. The SMILES string of the molecule is NC1CCN(C2CCOC3(CCOC3)C2)CC1. The summed E-state index contributed by atoms with van der Waals surface area (Å²) >= 11 is 0. The Morgan fingerprint density at radius 1 is 1.12 bits per heavy atom. The summed E-state index contributed by atoms with van der Waals surface area (Å²) in [4.78, 5) is 2.63. The molecule has 0 radical (unpaired) electrons. The summed E-state index contributed by atoms with van der Waals surface area (Å²) in [6.07, 6.45) is 5.72. The summed E-state index contributed by atoms with van der Waals surface area (Å²) < 4.78 is 11.5. The van der Waals surface area contributed by atoms with Gasteiger partial charge in [0, 0.05) is 31.7 Å². The summed E-state index contributed by atoms with van der Waals surface area (Å²) in [7, 11) is 0. The fourth-order valence-corrected chi connectivity index (χ4v) is 3.46. The summed E-state index contributed by atoms with van der Waals surface area (Å²) in [5.74, 6) is 0. The quantitative estimate of drug-likeness (QED) is 0.734. The molecule has 1 spiro atoms. The van der Waals surface area contributed by atoms with Crippen LogP contribution in [-0.2, 0) is 9.47 Å². The van der Waals surface area contributed by atoms with Gasteiger partial charge < -0.3 is 20.1 Å². The van der Waals surface area contributed by atoms with Gasteiger partial charge in [0.25, 0.3) is 0 Å². The lowest BCUT2D eigenvalue weighted by molar-refractivity contribution is -0.108. The van der Waals surface area contributed by atoms with Crippen LogP contribution in [0.1, 0.15) is 32.1 Å². The third-order valence-corrected chi connectivity index (χ3v) is 4.62. The number of ether oxygens (including phenoxy) is 2. The van der Waals surface area contributed by atoms with Crippen molar-refractivity contribution in [2.75, 3.05) is 32.9 Å². The van der Waals surface area contributed by atoms with Gasteiger partial charge in [0.1, 0.15) is 0 Å². The normalized spacial score (nSPS) is 41.1. The number of rotatable bonds is 1. The van der Waals surface area contributed by atoms with Crippen molar-refractivity contribution in [2.45, 2.75) is 49.8 Å². The molecule has 3 aliphatic heterocycles. The lowest BCUT2D eigenvalue weighted by Crippen LogP contribution is -2.52. The summed E-state index contributed by atoms with van der Waals surface area (Å²) in [5, 5.41) is 0. The monoisotopic (exact) mass is 240 g/mol. The van der Waals surface area contributed by atoms with Crippen molar-refractivity contribution in [3.05, 3.63) is 0 Å². The van der Waals surface area contributed by atoms with Gasteiger partial charge in [-0.2, -0.15) is 0 Å². The van der Waals surface area contributed by atoms with Crippen molar-refractivity contribution in [1.82, 2.24) is 4.90 Å². The molecule has 0 bridgehead atoms. The van der Waals surface area contributed by atoms with Gasteiger partial charge in [-0.05, 0) is 38.8 Å². The van der Waals surface area contributed by atoms with E-state index in [4.69, 9.17) is 15.2 Å². The molecule has 98 valence electrons. The summed E-state index contributed by atoms with van der Waals surface area (Å²) in [6, 6.07) is 1.12. The van der Waals surface area contributed by atoms with Crippen molar-refractivity contribution in [2.24, 2.45) is 5.73 Å². The van der Waals surface area contributed by atoms with Crippen molar-refractivity contribution in [3.63, 3.8) is 0 Å². The molecule has 0 aromatic rings. The minimum Gasteiger partial charge on any atom is -0.378 e. The topological polar surface area (TPSA) is 47.7 Å². The molecule has 4 heteroatoms. The van der Waals surface area contributed by atoms with Crippen LogP contribution in [0.3, 0.4) is 0 Å². The summed E-state index contributed by atoms with van der Waals surface area (Å²) in [5.41, 5.74) is 6.01. The molecule has 17 heavy (non-hydrogen) atoms. The van der Waals surface area contributed by atoms with Crippen LogP contribution in [0.2, 0.25) is 0 Å². The zero-order valence-corrected chi connectivity index (χ0v) is 10.6. The maximum atomic E-state index is 5.99. The lowest BCUT2D eigenvalue weighted by Gasteiger charge is -2.44. The first kappa shape index (κ1) is 11.9. The molecule has 4 nitrogen and oxygen atoms in total. The molecule has 2 atom stereocenters. The minimum absolute atomic E-state index is 0.0441. The minimum atomic E-state index is 0.0441. The lowest BCUT2D eigenvalue weighted by atomic mass is 9.88. The number of nitrogens with zero attached hydrogens (tertiary/aromatic N) is 1. The van der Waals surface area contributed by atoms with E-state index in [1.165, 1.54) is 19.5 Å². The second-order valence-corrected chi connectivity index (χ2v) is 5.85. The number of nitrogens with two attached hydrogens (primary N) is 1. The van der Waals surface area contributed by atoms with Gasteiger partial charge >= 0.3 is 0 Å². The van der Waals surface area contributed by atoms with E-state index < -0.39 is 0 Å². The highest BCUT2D eigenvalue weighted by molar-refractivity contribution is 4.94. The highest BCUT2D eigenvalue weighted by Crippen LogP contribution is 2.35. The van der Waals surface area contributed by atoms with Gasteiger partial charge in [0.05, 0.1) is 12.2 Å². The number of hydrogen-bond acceptors (Lipinski definition) is 4. The van der Waals surface area contributed by atoms with Crippen LogP contribution in [0.25, 0.3) is 0 Å². The standard InChI is InChI=1S/C13H24N2O2/c14-11-1-5-15(6-2-11)12-3-7-17-13(9-12)4-8-16-10-13/h11-12H,1-10,14H2. The van der Waals surface area contributed by atoms with E-state index in [0.29, 0.717) is 12.1 Å². The van der Waals surface area contributed by atoms with Crippen LogP contribution in [-0.4, -0.2) is 55.5 Å². The van der Waals surface area contributed by atoms with Crippen LogP contribution in [0.15, 0.2) is 0 Å². The van der Waals surface area contributed by atoms with Crippen molar-refractivity contribution < 1.29 is 9.47 Å². The van der Waals surface area contributed by atoms with Gasteiger partial charge in [-0.15, -0.1) is 0 Å². The molecule has 2 N–H and O–H groups in total. The van der Waals surface area contributed by atoms with Crippen LogP contribution in [0.4, 0.5) is 0 Å². The van der Waals surface area contributed by atoms with E-state index in [9.17, 15) is 0 Å². The Morgan fingerprint density at radius 2 is 1.94 bits per heavy atom. The van der Waals surface area contributed by atoms with Crippen molar-refractivity contribution in [3.8, 4) is 0 Å². The predicted octanol–water partition coefficient (Wildman–Crippen LogP) is 0.748. The maximum Gasteiger partial charge on any atom is 0.0951 e. The molecule has 3 saturated heterocycles. The first-order chi connectivity index (χ1) is 8.27.